The number of benzene rings is 3. The second-order valence-corrected chi connectivity index (χ2v) is 7.82. The van der Waals surface area contributed by atoms with E-state index in [2.05, 4.69) is 30.0 Å². The average molecular weight is 446 g/mol. The van der Waals surface area contributed by atoms with Crippen LogP contribution in [0.4, 0.5) is 5.69 Å². The highest BCUT2D eigenvalue weighted by Crippen LogP contribution is 2.19. The molecule has 1 unspecified atom stereocenters. The molecule has 3 N–H and O–H groups in total. The molecule has 3 rings (SSSR count). The Morgan fingerprint density at radius 2 is 1.30 bits per heavy atom. The number of hydrazine groups is 1. The molecule has 0 aliphatic rings. The van der Waals surface area contributed by atoms with Crippen molar-refractivity contribution in [3.63, 3.8) is 0 Å². The maximum atomic E-state index is 12.3. The topological polar surface area (TPSA) is 96.5 Å². The summed E-state index contributed by atoms with van der Waals surface area (Å²) in [6.45, 7) is 5.80. The van der Waals surface area contributed by atoms with Gasteiger partial charge in [0.2, 0.25) is 0 Å². The summed E-state index contributed by atoms with van der Waals surface area (Å²) in [6.07, 6.45) is -0.800. The van der Waals surface area contributed by atoms with Gasteiger partial charge in [0, 0.05) is 16.8 Å². The molecule has 0 aliphatic carbocycles. The molecule has 3 aromatic carbocycles. The van der Waals surface area contributed by atoms with Crippen molar-refractivity contribution >= 4 is 23.4 Å². The summed E-state index contributed by atoms with van der Waals surface area (Å²) in [4.78, 5) is 36.8. The Morgan fingerprint density at radius 3 is 1.91 bits per heavy atom. The Bertz CT molecular complexity index is 1090. The molecule has 7 nitrogen and oxygen atoms in total. The van der Waals surface area contributed by atoms with E-state index in [4.69, 9.17) is 4.74 Å². The molecule has 0 saturated carbocycles. The Kier molecular flexibility index (Phi) is 7.81. The highest BCUT2D eigenvalue weighted by atomic mass is 16.5. The molecule has 0 fully saturated rings. The molecule has 0 aliphatic heterocycles. The molecule has 3 aromatic rings. The molecule has 33 heavy (non-hydrogen) atoms. The van der Waals surface area contributed by atoms with Gasteiger partial charge in [0.25, 0.3) is 17.7 Å². The van der Waals surface area contributed by atoms with Gasteiger partial charge in [-0.3, -0.25) is 25.2 Å². The Labute approximate surface area is 193 Å². The van der Waals surface area contributed by atoms with Crippen LogP contribution in [-0.4, -0.2) is 23.8 Å². The standard InChI is InChI=1S/C26H27N3O4/c1-17(2)19-11-15-23(16-12-19)33-18(3)24(30)28-29-26(32)21-9-13-22(14-10-21)27-25(31)20-7-5-4-6-8-20/h4-18H,1-3H3,(H,27,31)(H,28,30)(H,29,32). The summed E-state index contributed by atoms with van der Waals surface area (Å²) in [7, 11) is 0. The quantitative estimate of drug-likeness (QED) is 0.473. The summed E-state index contributed by atoms with van der Waals surface area (Å²) in [5.74, 6) is -0.237. The van der Waals surface area contributed by atoms with Crippen LogP contribution in [0.1, 0.15) is 53.0 Å². The maximum absolute atomic E-state index is 12.3. The molecule has 0 saturated heterocycles. The zero-order valence-electron chi connectivity index (χ0n) is 18.8. The second kappa shape index (κ2) is 10.9. The van der Waals surface area contributed by atoms with Gasteiger partial charge in [-0.25, -0.2) is 0 Å². The van der Waals surface area contributed by atoms with Crippen molar-refractivity contribution in [2.24, 2.45) is 0 Å². The number of hydrogen-bond acceptors (Lipinski definition) is 4. The van der Waals surface area contributed by atoms with Gasteiger partial charge in [-0.05, 0) is 66.9 Å². The van der Waals surface area contributed by atoms with Crippen LogP contribution in [0.5, 0.6) is 5.75 Å². The van der Waals surface area contributed by atoms with Gasteiger partial charge in [0.1, 0.15) is 5.75 Å². The van der Waals surface area contributed by atoms with Gasteiger partial charge in [-0.15, -0.1) is 0 Å². The molecule has 1 atom stereocenters. The lowest BCUT2D eigenvalue weighted by atomic mass is 10.0. The molecule has 0 spiro atoms. The van der Waals surface area contributed by atoms with Crippen molar-refractivity contribution in [1.29, 1.82) is 0 Å². The fourth-order valence-electron chi connectivity index (χ4n) is 2.98. The minimum absolute atomic E-state index is 0.243. The van der Waals surface area contributed by atoms with Gasteiger partial charge in [-0.2, -0.15) is 0 Å². The summed E-state index contributed by atoms with van der Waals surface area (Å²) >= 11 is 0. The molecular formula is C26H27N3O4. The average Bonchev–Trinajstić information content (AvgIpc) is 2.83. The number of carbonyl (C=O) groups is 3. The molecule has 0 bridgehead atoms. The van der Waals surface area contributed by atoms with Gasteiger partial charge >= 0.3 is 0 Å². The fourth-order valence-corrected chi connectivity index (χ4v) is 2.98. The third-order valence-electron chi connectivity index (χ3n) is 4.97. The lowest BCUT2D eigenvalue weighted by molar-refractivity contribution is -0.128. The van der Waals surface area contributed by atoms with Gasteiger partial charge in [0.05, 0.1) is 0 Å². The summed E-state index contributed by atoms with van der Waals surface area (Å²) in [5, 5.41) is 2.77. The monoisotopic (exact) mass is 445 g/mol. The summed E-state index contributed by atoms with van der Waals surface area (Å²) < 4.78 is 5.63. The first-order valence-electron chi connectivity index (χ1n) is 10.7. The molecular weight excluding hydrogens is 418 g/mol. The minimum Gasteiger partial charge on any atom is -0.481 e. The van der Waals surface area contributed by atoms with Gasteiger partial charge in [0.15, 0.2) is 6.10 Å². The Hall–Kier alpha value is -4.13. The van der Waals surface area contributed by atoms with Crippen molar-refractivity contribution < 1.29 is 19.1 Å². The SMILES string of the molecule is CC(Oc1ccc(C(C)C)cc1)C(=O)NNC(=O)c1ccc(NC(=O)c2ccccc2)cc1. The van der Waals surface area contributed by atoms with Crippen LogP contribution in [0.3, 0.4) is 0 Å². The predicted molar refractivity (Wildman–Crippen MR) is 127 cm³/mol. The summed E-state index contributed by atoms with van der Waals surface area (Å²) in [5.41, 5.74) is 7.33. The zero-order valence-corrected chi connectivity index (χ0v) is 18.8. The third kappa shape index (κ3) is 6.67. The van der Waals surface area contributed by atoms with Crippen LogP contribution in [0.25, 0.3) is 0 Å². The van der Waals surface area contributed by atoms with E-state index in [1.54, 1.807) is 55.5 Å². The fraction of sp³-hybridized carbons (Fsp3) is 0.192. The zero-order chi connectivity index (χ0) is 23.8. The number of rotatable bonds is 7. The number of hydrogen-bond donors (Lipinski definition) is 3. The Morgan fingerprint density at radius 1 is 0.697 bits per heavy atom. The lowest BCUT2D eigenvalue weighted by Crippen LogP contribution is -2.47. The van der Waals surface area contributed by atoms with E-state index in [1.165, 1.54) is 5.56 Å². The van der Waals surface area contributed by atoms with E-state index < -0.39 is 17.9 Å². The Balaban J connectivity index is 1.48. The first kappa shape index (κ1) is 23.5. The van der Waals surface area contributed by atoms with Crippen molar-refractivity contribution in [2.75, 3.05) is 5.32 Å². The van der Waals surface area contributed by atoms with Gasteiger partial charge in [-0.1, -0.05) is 44.2 Å². The third-order valence-corrected chi connectivity index (χ3v) is 4.97. The van der Waals surface area contributed by atoms with E-state index in [1.807, 2.05) is 30.3 Å². The van der Waals surface area contributed by atoms with Crippen LogP contribution in [0, 0.1) is 0 Å². The van der Waals surface area contributed by atoms with Crippen LogP contribution >= 0.6 is 0 Å². The van der Waals surface area contributed by atoms with Crippen LogP contribution in [0.2, 0.25) is 0 Å². The van der Waals surface area contributed by atoms with Gasteiger partial charge < -0.3 is 10.1 Å². The molecule has 0 radical (unpaired) electrons. The molecule has 7 heteroatoms. The minimum atomic E-state index is -0.800. The first-order valence-corrected chi connectivity index (χ1v) is 10.7. The van der Waals surface area contributed by atoms with Crippen LogP contribution in [0.15, 0.2) is 78.9 Å². The number of anilines is 1. The number of carbonyl (C=O) groups excluding carboxylic acids is 3. The smallest absolute Gasteiger partial charge is 0.279 e. The largest absolute Gasteiger partial charge is 0.481 e. The highest BCUT2D eigenvalue weighted by Gasteiger charge is 2.16. The first-order chi connectivity index (χ1) is 15.8. The van der Waals surface area contributed by atoms with Crippen molar-refractivity contribution in [3.05, 3.63) is 95.6 Å². The highest BCUT2D eigenvalue weighted by molar-refractivity contribution is 6.04. The molecule has 3 amide bonds. The van der Waals surface area contributed by atoms with E-state index in [0.29, 0.717) is 28.5 Å². The summed E-state index contributed by atoms with van der Waals surface area (Å²) in [6, 6.07) is 22.7. The number of amides is 3. The maximum Gasteiger partial charge on any atom is 0.279 e. The van der Waals surface area contributed by atoms with Crippen molar-refractivity contribution in [2.45, 2.75) is 32.8 Å². The van der Waals surface area contributed by atoms with E-state index in [-0.39, 0.29) is 5.91 Å². The van der Waals surface area contributed by atoms with E-state index in [0.717, 1.165) is 0 Å². The molecule has 0 aromatic heterocycles. The van der Waals surface area contributed by atoms with Crippen molar-refractivity contribution in [1.82, 2.24) is 10.9 Å². The molecule has 170 valence electrons. The van der Waals surface area contributed by atoms with Crippen LogP contribution < -0.4 is 20.9 Å². The lowest BCUT2D eigenvalue weighted by Gasteiger charge is -2.16. The second-order valence-electron chi connectivity index (χ2n) is 7.82. The normalized spacial score (nSPS) is 11.4. The number of nitrogens with one attached hydrogen (secondary N) is 3. The van der Waals surface area contributed by atoms with Crippen molar-refractivity contribution in [3.8, 4) is 5.75 Å². The molecule has 0 heterocycles. The number of ether oxygens (including phenoxy) is 1. The van der Waals surface area contributed by atoms with E-state index in [9.17, 15) is 14.4 Å². The van der Waals surface area contributed by atoms with Crippen LogP contribution in [-0.2, 0) is 4.79 Å². The van der Waals surface area contributed by atoms with E-state index >= 15 is 0 Å². The predicted octanol–water partition coefficient (Wildman–Crippen LogP) is 4.29.